The molecule has 0 aromatic carbocycles. The van der Waals surface area contributed by atoms with Crippen LogP contribution in [-0.4, -0.2) is 10.9 Å². The third-order valence-corrected chi connectivity index (χ3v) is 1.22. The van der Waals surface area contributed by atoms with Crippen LogP contribution in [0, 0.1) is 0 Å². The van der Waals surface area contributed by atoms with Crippen LogP contribution in [0.15, 0.2) is 5.16 Å². The molecule has 0 saturated heterocycles. The van der Waals surface area contributed by atoms with Gasteiger partial charge in [-0.1, -0.05) is 31.8 Å². The van der Waals surface area contributed by atoms with Gasteiger partial charge in [0.1, 0.15) is 0 Å². The molecule has 0 aromatic rings. The Morgan fingerprint density at radius 1 is 1.22 bits per heavy atom. The van der Waals surface area contributed by atoms with E-state index < -0.39 is 0 Å². The van der Waals surface area contributed by atoms with Crippen molar-refractivity contribution in [2.45, 2.75) is 39.5 Å². The van der Waals surface area contributed by atoms with E-state index in [4.69, 9.17) is 5.21 Å². The van der Waals surface area contributed by atoms with Crippen LogP contribution in [0.1, 0.15) is 39.5 Å². The number of oxime groups is 1. The Morgan fingerprint density at radius 2 is 1.67 bits per heavy atom. The zero-order valence-electron chi connectivity index (χ0n) is 6.22. The van der Waals surface area contributed by atoms with Gasteiger partial charge in [0.15, 0.2) is 0 Å². The lowest BCUT2D eigenvalue weighted by atomic mass is 10.1. The summed E-state index contributed by atoms with van der Waals surface area (Å²) in [5.41, 5.74) is 0.931. The predicted molar refractivity (Wildman–Crippen MR) is 39.0 cm³/mol. The van der Waals surface area contributed by atoms with E-state index >= 15 is 0 Å². The van der Waals surface area contributed by atoms with Crippen molar-refractivity contribution in [1.29, 1.82) is 0 Å². The third kappa shape index (κ3) is 4.01. The standard InChI is InChI=1S/C7H15NO/c1-3-5-7(8-9)6-4-2/h9H,3-6H2,1-2H3. The average Bonchev–Trinajstić information content (AvgIpc) is 1.88. The van der Waals surface area contributed by atoms with Crippen LogP contribution in [0.2, 0.25) is 0 Å². The Hall–Kier alpha value is -0.530. The number of nitrogens with zero attached hydrogens (tertiary/aromatic N) is 1. The summed E-state index contributed by atoms with van der Waals surface area (Å²) in [6, 6.07) is 0. The third-order valence-electron chi connectivity index (χ3n) is 1.22. The summed E-state index contributed by atoms with van der Waals surface area (Å²) < 4.78 is 0. The SMILES string of the molecule is CCCC(CCC)=NO. The molecule has 0 aliphatic carbocycles. The molecule has 0 radical (unpaired) electrons. The molecule has 0 aromatic heterocycles. The van der Waals surface area contributed by atoms with Crippen molar-refractivity contribution in [3.8, 4) is 0 Å². The Bertz CT molecular complexity index is 80.9. The van der Waals surface area contributed by atoms with Crippen molar-refractivity contribution in [2.24, 2.45) is 5.16 Å². The maximum absolute atomic E-state index is 8.38. The molecule has 0 heterocycles. The highest BCUT2D eigenvalue weighted by atomic mass is 16.4. The monoisotopic (exact) mass is 129 g/mol. The second-order valence-corrected chi connectivity index (χ2v) is 2.17. The van der Waals surface area contributed by atoms with E-state index in [0.29, 0.717) is 0 Å². The van der Waals surface area contributed by atoms with Crippen LogP contribution in [0.5, 0.6) is 0 Å². The maximum Gasteiger partial charge on any atom is 0.0570 e. The minimum Gasteiger partial charge on any atom is -0.411 e. The minimum absolute atomic E-state index is 0.931. The molecule has 0 amide bonds. The fraction of sp³-hybridized carbons (Fsp3) is 0.857. The van der Waals surface area contributed by atoms with Gasteiger partial charge in [0, 0.05) is 0 Å². The van der Waals surface area contributed by atoms with Crippen LogP contribution in [0.3, 0.4) is 0 Å². The lowest BCUT2D eigenvalue weighted by molar-refractivity contribution is 0.316. The molecule has 0 spiro atoms. The van der Waals surface area contributed by atoms with Gasteiger partial charge in [0.2, 0.25) is 0 Å². The van der Waals surface area contributed by atoms with Crippen LogP contribution < -0.4 is 0 Å². The first-order chi connectivity index (χ1) is 4.35. The molecular formula is C7H15NO. The van der Waals surface area contributed by atoms with Crippen molar-refractivity contribution in [3.05, 3.63) is 0 Å². The first kappa shape index (κ1) is 8.47. The second-order valence-electron chi connectivity index (χ2n) is 2.17. The van der Waals surface area contributed by atoms with Gasteiger partial charge in [0.05, 0.1) is 5.71 Å². The molecular weight excluding hydrogens is 114 g/mol. The number of hydrogen-bond donors (Lipinski definition) is 1. The van der Waals surface area contributed by atoms with E-state index in [2.05, 4.69) is 19.0 Å². The van der Waals surface area contributed by atoms with Crippen molar-refractivity contribution in [1.82, 2.24) is 0 Å². The highest BCUT2D eigenvalue weighted by Gasteiger charge is 1.94. The fourth-order valence-corrected chi connectivity index (χ4v) is 0.802. The van der Waals surface area contributed by atoms with Gasteiger partial charge in [-0.2, -0.15) is 0 Å². The molecule has 0 saturated carbocycles. The van der Waals surface area contributed by atoms with Crippen molar-refractivity contribution in [3.63, 3.8) is 0 Å². The molecule has 9 heavy (non-hydrogen) atoms. The summed E-state index contributed by atoms with van der Waals surface area (Å²) in [4.78, 5) is 0. The number of hydrogen-bond acceptors (Lipinski definition) is 2. The lowest BCUT2D eigenvalue weighted by Gasteiger charge is -1.97. The largest absolute Gasteiger partial charge is 0.411 e. The maximum atomic E-state index is 8.38. The van der Waals surface area contributed by atoms with E-state index in [1.54, 1.807) is 0 Å². The summed E-state index contributed by atoms with van der Waals surface area (Å²) in [6.45, 7) is 4.17. The van der Waals surface area contributed by atoms with Crippen LogP contribution in [-0.2, 0) is 0 Å². The highest BCUT2D eigenvalue weighted by Crippen LogP contribution is 1.98. The van der Waals surface area contributed by atoms with Gasteiger partial charge in [0.25, 0.3) is 0 Å². The van der Waals surface area contributed by atoms with Gasteiger partial charge in [-0.05, 0) is 12.8 Å². The van der Waals surface area contributed by atoms with E-state index in [9.17, 15) is 0 Å². The summed E-state index contributed by atoms with van der Waals surface area (Å²) in [5, 5.41) is 11.6. The summed E-state index contributed by atoms with van der Waals surface area (Å²) in [6.07, 6.45) is 4.01. The molecule has 0 bridgehead atoms. The Labute approximate surface area is 56.6 Å². The molecule has 0 rings (SSSR count). The van der Waals surface area contributed by atoms with Gasteiger partial charge in [-0.3, -0.25) is 0 Å². The molecule has 0 unspecified atom stereocenters. The minimum atomic E-state index is 0.931. The Balaban J connectivity index is 3.43. The molecule has 0 atom stereocenters. The molecule has 0 aliphatic rings. The zero-order valence-corrected chi connectivity index (χ0v) is 6.22. The molecule has 0 aliphatic heterocycles. The molecule has 2 heteroatoms. The summed E-state index contributed by atoms with van der Waals surface area (Å²) in [7, 11) is 0. The van der Waals surface area contributed by atoms with Crippen molar-refractivity contribution >= 4 is 5.71 Å². The topological polar surface area (TPSA) is 32.6 Å². The van der Waals surface area contributed by atoms with E-state index in [0.717, 1.165) is 31.4 Å². The first-order valence-electron chi connectivity index (χ1n) is 3.54. The summed E-state index contributed by atoms with van der Waals surface area (Å²) >= 11 is 0. The Kier molecular flexibility index (Phi) is 5.27. The highest BCUT2D eigenvalue weighted by molar-refractivity contribution is 5.83. The van der Waals surface area contributed by atoms with Crippen LogP contribution >= 0.6 is 0 Å². The lowest BCUT2D eigenvalue weighted by Crippen LogP contribution is -1.95. The zero-order chi connectivity index (χ0) is 7.11. The smallest absolute Gasteiger partial charge is 0.0570 e. The predicted octanol–water partition coefficient (Wildman–Crippen LogP) is 2.42. The number of rotatable bonds is 4. The van der Waals surface area contributed by atoms with Crippen molar-refractivity contribution < 1.29 is 5.21 Å². The quantitative estimate of drug-likeness (QED) is 0.353. The molecule has 54 valence electrons. The van der Waals surface area contributed by atoms with E-state index in [-0.39, 0.29) is 0 Å². The normalized spacial score (nSPS) is 9.11. The second kappa shape index (κ2) is 5.60. The van der Waals surface area contributed by atoms with Gasteiger partial charge < -0.3 is 5.21 Å². The van der Waals surface area contributed by atoms with Gasteiger partial charge >= 0.3 is 0 Å². The van der Waals surface area contributed by atoms with Crippen LogP contribution in [0.25, 0.3) is 0 Å². The van der Waals surface area contributed by atoms with Crippen LogP contribution in [0.4, 0.5) is 0 Å². The van der Waals surface area contributed by atoms with Gasteiger partial charge in [-0.15, -0.1) is 0 Å². The average molecular weight is 129 g/mol. The molecule has 1 N–H and O–H groups in total. The molecule has 2 nitrogen and oxygen atoms in total. The Morgan fingerprint density at radius 3 is 1.89 bits per heavy atom. The summed E-state index contributed by atoms with van der Waals surface area (Å²) in [5.74, 6) is 0. The fourth-order valence-electron chi connectivity index (χ4n) is 0.802. The van der Waals surface area contributed by atoms with E-state index in [1.165, 1.54) is 0 Å². The van der Waals surface area contributed by atoms with Gasteiger partial charge in [-0.25, -0.2) is 0 Å². The molecule has 0 fully saturated rings. The van der Waals surface area contributed by atoms with E-state index in [1.807, 2.05) is 0 Å². The first-order valence-corrected chi connectivity index (χ1v) is 3.54. The van der Waals surface area contributed by atoms with Crippen molar-refractivity contribution in [2.75, 3.05) is 0 Å².